The number of nitrogens with one attached hydrogen (secondary N) is 2. The second-order valence-electron chi connectivity index (χ2n) is 7.56. The van der Waals surface area contributed by atoms with Crippen molar-refractivity contribution in [1.29, 1.82) is 0 Å². The minimum atomic E-state index is -3.41. The van der Waals surface area contributed by atoms with Crippen LogP contribution in [0.3, 0.4) is 0 Å². The lowest BCUT2D eigenvalue weighted by Crippen LogP contribution is -2.48. The SMILES string of the molecule is COc1cc(-c2nc3sccn3c2-c2ccnc(NCCN3CCCNS3(=O)=O)n2)ccc1Cl. The summed E-state index contributed by atoms with van der Waals surface area (Å²) in [6.07, 6.45) is 4.39. The lowest BCUT2D eigenvalue weighted by Gasteiger charge is -2.26. The molecule has 0 saturated carbocycles. The predicted octanol–water partition coefficient (Wildman–Crippen LogP) is 3.13. The van der Waals surface area contributed by atoms with E-state index in [0.717, 1.165) is 28.3 Å². The van der Waals surface area contributed by atoms with Crippen LogP contribution in [0.2, 0.25) is 5.02 Å². The maximum absolute atomic E-state index is 12.1. The molecule has 0 atom stereocenters. The van der Waals surface area contributed by atoms with Gasteiger partial charge in [-0.2, -0.15) is 12.7 Å². The molecular weight excluding hydrogens is 498 g/mol. The molecule has 0 bridgehead atoms. The third kappa shape index (κ3) is 4.46. The number of hydrogen-bond donors (Lipinski definition) is 2. The van der Waals surface area contributed by atoms with E-state index in [0.29, 0.717) is 48.6 Å². The molecule has 0 amide bonds. The van der Waals surface area contributed by atoms with Crippen LogP contribution in [0, 0.1) is 0 Å². The van der Waals surface area contributed by atoms with E-state index in [1.54, 1.807) is 19.4 Å². The summed E-state index contributed by atoms with van der Waals surface area (Å²) >= 11 is 7.74. The quantitative estimate of drug-likeness (QED) is 0.385. The smallest absolute Gasteiger partial charge is 0.279 e. The molecule has 178 valence electrons. The van der Waals surface area contributed by atoms with Crippen molar-refractivity contribution in [3.63, 3.8) is 0 Å². The number of hydrogen-bond acceptors (Lipinski definition) is 8. The summed E-state index contributed by atoms with van der Waals surface area (Å²) in [6.45, 7) is 1.67. The second kappa shape index (κ2) is 9.47. The fourth-order valence-electron chi connectivity index (χ4n) is 3.81. The molecule has 0 unspecified atom stereocenters. The molecule has 3 aromatic heterocycles. The van der Waals surface area contributed by atoms with Crippen LogP contribution in [0.5, 0.6) is 5.75 Å². The summed E-state index contributed by atoms with van der Waals surface area (Å²) in [5, 5.41) is 5.62. The fourth-order valence-corrected chi connectivity index (χ4v) is 6.00. The molecule has 34 heavy (non-hydrogen) atoms. The van der Waals surface area contributed by atoms with Crippen molar-refractivity contribution in [2.75, 3.05) is 38.6 Å². The predicted molar refractivity (Wildman–Crippen MR) is 133 cm³/mol. The van der Waals surface area contributed by atoms with Gasteiger partial charge in [-0.25, -0.2) is 19.7 Å². The van der Waals surface area contributed by atoms with Crippen molar-refractivity contribution >= 4 is 44.1 Å². The van der Waals surface area contributed by atoms with Gasteiger partial charge in [-0.15, -0.1) is 11.3 Å². The molecule has 4 heterocycles. The lowest BCUT2D eigenvalue weighted by molar-refractivity contribution is 0.383. The molecule has 10 nitrogen and oxygen atoms in total. The molecule has 1 aliphatic rings. The highest BCUT2D eigenvalue weighted by atomic mass is 35.5. The number of methoxy groups -OCH3 is 1. The largest absolute Gasteiger partial charge is 0.495 e. The Labute approximate surface area is 205 Å². The van der Waals surface area contributed by atoms with E-state index in [2.05, 4.69) is 15.0 Å². The van der Waals surface area contributed by atoms with Gasteiger partial charge in [0.2, 0.25) is 5.95 Å². The van der Waals surface area contributed by atoms with Crippen LogP contribution in [0.15, 0.2) is 42.0 Å². The lowest BCUT2D eigenvalue weighted by atomic mass is 10.1. The van der Waals surface area contributed by atoms with E-state index < -0.39 is 10.2 Å². The first-order valence-electron chi connectivity index (χ1n) is 10.6. The standard InChI is InChI=1S/C21H22ClN7O3S2/c1-32-17-13-14(3-4-15(17)22)18-19(29-11-12-33-21(29)27-18)16-5-7-23-20(26-16)24-8-10-28-9-2-6-25-34(28,30)31/h3-5,7,11-13,25H,2,6,8-10H2,1H3,(H,23,24,26). The average molecular weight is 520 g/mol. The molecule has 4 aromatic rings. The zero-order valence-electron chi connectivity index (χ0n) is 18.2. The second-order valence-corrected chi connectivity index (χ2v) is 10.6. The Morgan fingerprint density at radius 1 is 1.29 bits per heavy atom. The Kier molecular flexibility index (Phi) is 6.40. The van der Waals surface area contributed by atoms with Gasteiger partial charge < -0.3 is 10.1 Å². The Balaban J connectivity index is 1.44. The molecule has 0 spiro atoms. The Morgan fingerprint density at radius 3 is 3.00 bits per heavy atom. The Hall–Kier alpha value is -2.77. The van der Waals surface area contributed by atoms with Crippen molar-refractivity contribution < 1.29 is 13.2 Å². The van der Waals surface area contributed by atoms with Crippen molar-refractivity contribution in [1.82, 2.24) is 28.4 Å². The summed E-state index contributed by atoms with van der Waals surface area (Å²) < 4.78 is 35.5. The van der Waals surface area contributed by atoms with Crippen LogP contribution in [0.4, 0.5) is 5.95 Å². The van der Waals surface area contributed by atoms with Crippen LogP contribution in [0.1, 0.15) is 6.42 Å². The summed E-state index contributed by atoms with van der Waals surface area (Å²) in [7, 11) is -1.84. The van der Waals surface area contributed by atoms with Gasteiger partial charge in [0, 0.05) is 49.5 Å². The number of anilines is 1. The first kappa shape index (κ1) is 23.0. The first-order valence-corrected chi connectivity index (χ1v) is 13.3. The zero-order chi connectivity index (χ0) is 23.7. The molecule has 2 N–H and O–H groups in total. The number of ether oxygens (including phenoxy) is 1. The monoisotopic (exact) mass is 519 g/mol. The normalized spacial score (nSPS) is 16.1. The maximum atomic E-state index is 12.1. The molecule has 1 fully saturated rings. The van der Waals surface area contributed by atoms with E-state index in [-0.39, 0.29) is 0 Å². The van der Waals surface area contributed by atoms with Crippen LogP contribution in [-0.2, 0) is 10.2 Å². The molecule has 1 aliphatic heterocycles. The number of benzene rings is 1. The third-order valence-electron chi connectivity index (χ3n) is 5.44. The summed E-state index contributed by atoms with van der Waals surface area (Å²) in [5.41, 5.74) is 3.09. The molecular formula is C21H22ClN7O3S2. The topological polar surface area (TPSA) is 114 Å². The molecule has 13 heteroatoms. The highest BCUT2D eigenvalue weighted by molar-refractivity contribution is 7.87. The van der Waals surface area contributed by atoms with E-state index in [1.165, 1.54) is 15.6 Å². The number of halogens is 1. The zero-order valence-corrected chi connectivity index (χ0v) is 20.6. The maximum Gasteiger partial charge on any atom is 0.279 e. The minimum absolute atomic E-state index is 0.320. The van der Waals surface area contributed by atoms with Crippen molar-refractivity contribution in [3.8, 4) is 28.4 Å². The van der Waals surface area contributed by atoms with Crippen molar-refractivity contribution in [3.05, 3.63) is 47.1 Å². The highest BCUT2D eigenvalue weighted by Gasteiger charge is 2.24. The molecule has 0 aliphatic carbocycles. The third-order valence-corrected chi connectivity index (χ3v) is 8.12. The highest BCUT2D eigenvalue weighted by Crippen LogP contribution is 2.36. The number of rotatable bonds is 7. The van der Waals surface area contributed by atoms with Gasteiger partial charge in [-0.05, 0) is 24.6 Å². The average Bonchev–Trinajstić information content (AvgIpc) is 3.42. The van der Waals surface area contributed by atoms with Gasteiger partial charge in [-0.3, -0.25) is 4.40 Å². The van der Waals surface area contributed by atoms with Gasteiger partial charge in [-0.1, -0.05) is 17.7 Å². The summed E-state index contributed by atoms with van der Waals surface area (Å²) in [4.78, 5) is 14.6. The Morgan fingerprint density at radius 2 is 2.18 bits per heavy atom. The summed E-state index contributed by atoms with van der Waals surface area (Å²) in [5.74, 6) is 0.971. The van der Waals surface area contributed by atoms with E-state index in [1.807, 2.05) is 34.2 Å². The molecule has 1 aromatic carbocycles. The number of imidazole rings is 1. The fraction of sp³-hybridized carbons (Fsp3) is 0.286. The van der Waals surface area contributed by atoms with Crippen LogP contribution < -0.4 is 14.8 Å². The number of thiazole rings is 1. The van der Waals surface area contributed by atoms with Gasteiger partial charge in [0.25, 0.3) is 10.2 Å². The summed E-state index contributed by atoms with van der Waals surface area (Å²) in [6, 6.07) is 7.35. The number of nitrogens with zero attached hydrogens (tertiary/aromatic N) is 5. The first-order chi connectivity index (χ1) is 16.5. The van der Waals surface area contributed by atoms with Crippen molar-refractivity contribution in [2.24, 2.45) is 0 Å². The van der Waals surface area contributed by atoms with E-state index >= 15 is 0 Å². The molecule has 0 radical (unpaired) electrons. The van der Waals surface area contributed by atoms with E-state index in [9.17, 15) is 8.42 Å². The Bertz CT molecular complexity index is 1440. The van der Waals surface area contributed by atoms with Crippen molar-refractivity contribution in [2.45, 2.75) is 6.42 Å². The van der Waals surface area contributed by atoms with Gasteiger partial charge >= 0.3 is 0 Å². The number of aromatic nitrogens is 4. The van der Waals surface area contributed by atoms with Crippen LogP contribution >= 0.6 is 22.9 Å². The van der Waals surface area contributed by atoms with Gasteiger partial charge in [0.05, 0.1) is 23.5 Å². The van der Waals surface area contributed by atoms with Gasteiger partial charge in [0.1, 0.15) is 11.4 Å². The van der Waals surface area contributed by atoms with E-state index in [4.69, 9.17) is 26.3 Å². The van der Waals surface area contributed by atoms with Crippen LogP contribution in [0.25, 0.3) is 27.6 Å². The van der Waals surface area contributed by atoms with Gasteiger partial charge in [0.15, 0.2) is 4.96 Å². The minimum Gasteiger partial charge on any atom is -0.495 e. The molecule has 1 saturated heterocycles. The van der Waals surface area contributed by atoms with Crippen LogP contribution in [-0.4, -0.2) is 65.4 Å². The number of fused-ring (bicyclic) bond motifs is 1. The molecule has 5 rings (SSSR count).